The Morgan fingerprint density at radius 2 is 1.76 bits per heavy atom. The number of benzene rings is 4. The first-order chi connectivity index (χ1) is 23.6. The minimum absolute atomic E-state index is 0.0819. The summed E-state index contributed by atoms with van der Waals surface area (Å²) in [7, 11) is 1.54. The molecule has 0 saturated carbocycles. The topological polar surface area (TPSA) is 88.4 Å². The molecule has 1 aliphatic rings. The average molecular weight is 718 g/mol. The summed E-state index contributed by atoms with van der Waals surface area (Å²) >= 11 is 14.6. The molecule has 0 amide bonds. The number of methoxy groups -OCH3 is 1. The van der Waals surface area contributed by atoms with E-state index in [1.54, 1.807) is 51.3 Å². The van der Waals surface area contributed by atoms with Gasteiger partial charge in [0.25, 0.3) is 5.56 Å². The molecule has 0 spiro atoms. The predicted octanol–water partition coefficient (Wildman–Crippen LogP) is 7.63. The third-order valence-corrected chi connectivity index (χ3v) is 9.50. The van der Waals surface area contributed by atoms with Crippen LogP contribution in [-0.2, 0) is 16.1 Å². The molecule has 1 aromatic heterocycles. The number of rotatable bonds is 10. The number of carbonyl (C=O) groups is 1. The first-order valence-electron chi connectivity index (χ1n) is 15.7. The van der Waals surface area contributed by atoms with Gasteiger partial charge in [-0.3, -0.25) is 9.36 Å². The molecule has 252 valence electrons. The van der Waals surface area contributed by atoms with Crippen molar-refractivity contribution in [1.29, 1.82) is 0 Å². The lowest BCUT2D eigenvalue weighted by molar-refractivity contribution is -0.139. The Bertz CT molecular complexity index is 2260. The van der Waals surface area contributed by atoms with Crippen LogP contribution in [0.25, 0.3) is 16.8 Å². The van der Waals surface area contributed by atoms with E-state index in [2.05, 4.69) is 4.99 Å². The van der Waals surface area contributed by atoms with Gasteiger partial charge in [0, 0.05) is 0 Å². The van der Waals surface area contributed by atoms with Gasteiger partial charge in [0.15, 0.2) is 22.0 Å². The lowest BCUT2D eigenvalue weighted by Crippen LogP contribution is -2.40. The van der Waals surface area contributed by atoms with E-state index in [1.807, 2.05) is 62.4 Å². The molecule has 5 aromatic rings. The average Bonchev–Trinajstić information content (AvgIpc) is 3.37. The number of allylic oxidation sites excluding steroid dienone is 1. The summed E-state index contributed by atoms with van der Waals surface area (Å²) in [5.74, 6) is 0.814. The first-order valence-corrected chi connectivity index (χ1v) is 17.3. The van der Waals surface area contributed by atoms with Crippen LogP contribution < -0.4 is 29.1 Å². The fraction of sp³-hybridized carbons (Fsp3) is 0.237. The summed E-state index contributed by atoms with van der Waals surface area (Å²) in [6.45, 7) is 7.75. The normalized spacial score (nSPS) is 14.5. The van der Waals surface area contributed by atoms with Crippen LogP contribution in [-0.4, -0.2) is 30.4 Å². The highest BCUT2D eigenvalue weighted by molar-refractivity contribution is 7.07. The molecule has 49 heavy (non-hydrogen) atoms. The van der Waals surface area contributed by atoms with Crippen molar-refractivity contribution >= 4 is 57.4 Å². The second-order valence-electron chi connectivity index (χ2n) is 11.6. The standard InChI is InChI=1S/C38H34Cl2N2O6S/c1-6-46-37(44)33-22(4)41-38-42(34(33)25-14-15-30(48-21(2)3)31(19-25)45-5)36(43)32(49-38)18-23-16-28(39)35(29(40)17-23)47-20-26-12-9-11-24-10-7-8-13-27(24)26/h7-19,21,34H,6,20H2,1-5H3/b32-18-/t34-/m1/s1. The number of hydrogen-bond acceptors (Lipinski definition) is 8. The van der Waals surface area contributed by atoms with E-state index in [0.29, 0.717) is 53.5 Å². The van der Waals surface area contributed by atoms with E-state index in [9.17, 15) is 9.59 Å². The van der Waals surface area contributed by atoms with Gasteiger partial charge in [-0.15, -0.1) is 0 Å². The van der Waals surface area contributed by atoms with Crippen molar-refractivity contribution in [2.24, 2.45) is 4.99 Å². The van der Waals surface area contributed by atoms with Crippen LogP contribution in [0.4, 0.5) is 0 Å². The van der Waals surface area contributed by atoms with Crippen molar-refractivity contribution in [2.75, 3.05) is 13.7 Å². The quantitative estimate of drug-likeness (QED) is 0.138. The summed E-state index contributed by atoms with van der Waals surface area (Å²) in [5.41, 5.74) is 2.62. The highest BCUT2D eigenvalue weighted by Gasteiger charge is 2.34. The predicted molar refractivity (Wildman–Crippen MR) is 194 cm³/mol. The molecule has 0 N–H and O–H groups in total. The van der Waals surface area contributed by atoms with E-state index in [1.165, 1.54) is 15.9 Å². The van der Waals surface area contributed by atoms with E-state index in [-0.39, 0.29) is 30.5 Å². The van der Waals surface area contributed by atoms with Crippen molar-refractivity contribution in [3.63, 3.8) is 0 Å². The number of carbonyl (C=O) groups excluding carboxylic acids is 1. The smallest absolute Gasteiger partial charge is 0.338 e. The Hall–Kier alpha value is -4.57. The van der Waals surface area contributed by atoms with Gasteiger partial charge in [-0.05, 0) is 85.5 Å². The summed E-state index contributed by atoms with van der Waals surface area (Å²) in [6, 6.07) is 22.1. The second-order valence-corrected chi connectivity index (χ2v) is 13.4. The minimum Gasteiger partial charge on any atom is -0.493 e. The highest BCUT2D eigenvalue weighted by atomic mass is 35.5. The molecule has 1 atom stereocenters. The van der Waals surface area contributed by atoms with Crippen LogP contribution in [0, 0.1) is 0 Å². The van der Waals surface area contributed by atoms with Gasteiger partial charge in [0.2, 0.25) is 0 Å². The number of thiazole rings is 1. The molecule has 8 nitrogen and oxygen atoms in total. The van der Waals surface area contributed by atoms with Crippen LogP contribution >= 0.6 is 34.5 Å². The van der Waals surface area contributed by atoms with Crippen LogP contribution in [0.1, 0.15) is 50.4 Å². The molecular weight excluding hydrogens is 683 g/mol. The van der Waals surface area contributed by atoms with Crippen LogP contribution in [0.15, 0.2) is 93.9 Å². The zero-order valence-corrected chi connectivity index (χ0v) is 29.9. The van der Waals surface area contributed by atoms with E-state index >= 15 is 0 Å². The Morgan fingerprint density at radius 1 is 1.02 bits per heavy atom. The summed E-state index contributed by atoms with van der Waals surface area (Å²) in [5, 5.41) is 2.81. The largest absolute Gasteiger partial charge is 0.493 e. The number of fused-ring (bicyclic) bond motifs is 2. The molecule has 0 unspecified atom stereocenters. The molecule has 2 heterocycles. The first kappa shape index (κ1) is 34.3. The molecule has 0 saturated heterocycles. The van der Waals surface area contributed by atoms with Crippen molar-refractivity contribution in [1.82, 2.24) is 4.57 Å². The molecule has 1 aliphatic heterocycles. The maximum atomic E-state index is 14.2. The molecule has 0 fully saturated rings. The maximum Gasteiger partial charge on any atom is 0.338 e. The monoisotopic (exact) mass is 716 g/mol. The van der Waals surface area contributed by atoms with Crippen LogP contribution in [0.3, 0.4) is 0 Å². The number of halogens is 2. The molecule has 0 bridgehead atoms. The number of aromatic nitrogens is 1. The van der Waals surface area contributed by atoms with E-state index in [4.69, 9.17) is 42.1 Å². The number of nitrogens with zero attached hydrogens (tertiary/aromatic N) is 2. The number of hydrogen-bond donors (Lipinski definition) is 0. The number of ether oxygens (including phenoxy) is 4. The molecule has 6 rings (SSSR count). The Kier molecular flexibility index (Phi) is 10.2. The van der Waals surface area contributed by atoms with Gasteiger partial charge in [0.05, 0.1) is 51.7 Å². The zero-order chi connectivity index (χ0) is 34.8. The molecule has 4 aromatic carbocycles. The minimum atomic E-state index is -0.823. The van der Waals surface area contributed by atoms with Gasteiger partial charge >= 0.3 is 5.97 Å². The summed E-state index contributed by atoms with van der Waals surface area (Å²) in [6.07, 6.45) is 1.62. The fourth-order valence-corrected chi connectivity index (χ4v) is 7.49. The third-order valence-electron chi connectivity index (χ3n) is 7.95. The lowest BCUT2D eigenvalue weighted by Gasteiger charge is -2.25. The molecule has 11 heteroatoms. The molecular formula is C38H34Cl2N2O6S. The van der Waals surface area contributed by atoms with Crippen molar-refractivity contribution in [3.05, 3.63) is 130 Å². The number of esters is 1. The van der Waals surface area contributed by atoms with Gasteiger partial charge in [-0.25, -0.2) is 9.79 Å². The highest BCUT2D eigenvalue weighted by Crippen LogP contribution is 2.37. The lowest BCUT2D eigenvalue weighted by atomic mass is 9.95. The zero-order valence-electron chi connectivity index (χ0n) is 27.6. The Morgan fingerprint density at radius 3 is 2.47 bits per heavy atom. The SMILES string of the molecule is CCOC(=O)C1=C(C)N=c2s/c(=C\c3cc(Cl)c(OCc4cccc5ccccc45)c(Cl)c3)c(=O)n2[C@@H]1c1ccc(OC(C)C)c(OC)c1. The van der Waals surface area contributed by atoms with Gasteiger partial charge in [-0.2, -0.15) is 0 Å². The van der Waals surface area contributed by atoms with Gasteiger partial charge in [0.1, 0.15) is 6.61 Å². The van der Waals surface area contributed by atoms with E-state index in [0.717, 1.165) is 16.3 Å². The second kappa shape index (κ2) is 14.5. The molecule has 0 aliphatic carbocycles. The van der Waals surface area contributed by atoms with E-state index < -0.39 is 12.0 Å². The van der Waals surface area contributed by atoms with Crippen LogP contribution in [0.5, 0.6) is 17.2 Å². The van der Waals surface area contributed by atoms with Crippen molar-refractivity contribution in [3.8, 4) is 17.2 Å². The molecule has 0 radical (unpaired) electrons. The fourth-order valence-electron chi connectivity index (χ4n) is 5.83. The Labute approximate surface area is 297 Å². The van der Waals surface area contributed by atoms with Gasteiger partial charge in [-0.1, -0.05) is 83.1 Å². The maximum absolute atomic E-state index is 14.2. The van der Waals surface area contributed by atoms with Crippen molar-refractivity contribution < 1.29 is 23.7 Å². The van der Waals surface area contributed by atoms with Crippen LogP contribution in [0.2, 0.25) is 10.0 Å². The van der Waals surface area contributed by atoms with Crippen molar-refractivity contribution in [2.45, 2.75) is 46.4 Å². The van der Waals surface area contributed by atoms with Gasteiger partial charge < -0.3 is 18.9 Å². The summed E-state index contributed by atoms with van der Waals surface area (Å²) < 4.78 is 25.0. The Balaban J connectivity index is 1.39. The third kappa shape index (κ3) is 6.97. The summed E-state index contributed by atoms with van der Waals surface area (Å²) in [4.78, 5) is 32.6.